The smallest absolute Gasteiger partial charge is 0.283 e. The highest BCUT2D eigenvalue weighted by atomic mass is 16.4. The lowest BCUT2D eigenvalue weighted by atomic mass is 10.2. The predicted molar refractivity (Wildman–Crippen MR) is 42.9 cm³/mol. The molecule has 0 spiro atoms. The molecule has 1 rings (SSSR count). The molecular weight excluding hydrogens is 156 g/mol. The Kier molecular flexibility index (Phi) is 2.96. The maximum atomic E-state index is 10.7. The van der Waals surface area contributed by atoms with Crippen LogP contribution in [0.3, 0.4) is 0 Å². The molecular formula is C8H12N2O2. The van der Waals surface area contributed by atoms with Crippen molar-refractivity contribution >= 4 is 5.78 Å². The van der Waals surface area contributed by atoms with E-state index in [0.29, 0.717) is 5.89 Å². The zero-order valence-electron chi connectivity index (χ0n) is 7.33. The lowest BCUT2D eigenvalue weighted by Crippen LogP contribution is -1.90. The van der Waals surface area contributed by atoms with Crippen molar-refractivity contribution in [3.63, 3.8) is 0 Å². The van der Waals surface area contributed by atoms with Gasteiger partial charge in [-0.1, -0.05) is 13.3 Å². The van der Waals surface area contributed by atoms with E-state index in [1.165, 1.54) is 6.92 Å². The molecule has 0 aromatic carbocycles. The molecule has 0 atom stereocenters. The third-order valence-electron chi connectivity index (χ3n) is 1.51. The van der Waals surface area contributed by atoms with Crippen molar-refractivity contribution in [1.29, 1.82) is 0 Å². The maximum Gasteiger partial charge on any atom is 0.283 e. The topological polar surface area (TPSA) is 56.0 Å². The van der Waals surface area contributed by atoms with Gasteiger partial charge in [0.2, 0.25) is 11.7 Å². The van der Waals surface area contributed by atoms with Crippen LogP contribution in [0.5, 0.6) is 0 Å². The number of carbonyl (C=O) groups is 1. The number of hydrogen-bond donors (Lipinski definition) is 0. The summed E-state index contributed by atoms with van der Waals surface area (Å²) in [5.41, 5.74) is 0. The molecule has 0 aliphatic heterocycles. The van der Waals surface area contributed by atoms with Gasteiger partial charge in [-0.05, 0) is 6.42 Å². The van der Waals surface area contributed by atoms with Crippen LogP contribution >= 0.6 is 0 Å². The Bertz CT molecular complexity index is 268. The quantitative estimate of drug-likeness (QED) is 0.641. The Hall–Kier alpha value is -1.19. The lowest BCUT2D eigenvalue weighted by molar-refractivity contribution is 0.0979. The van der Waals surface area contributed by atoms with Crippen molar-refractivity contribution in [1.82, 2.24) is 10.2 Å². The Morgan fingerprint density at radius 1 is 1.50 bits per heavy atom. The molecule has 0 saturated heterocycles. The molecule has 0 N–H and O–H groups in total. The second kappa shape index (κ2) is 3.99. The number of carbonyl (C=O) groups excluding carboxylic acids is 1. The van der Waals surface area contributed by atoms with Crippen molar-refractivity contribution in [2.24, 2.45) is 0 Å². The third-order valence-corrected chi connectivity index (χ3v) is 1.51. The first kappa shape index (κ1) is 8.90. The Morgan fingerprint density at radius 3 is 2.75 bits per heavy atom. The summed E-state index contributed by atoms with van der Waals surface area (Å²) >= 11 is 0. The van der Waals surface area contributed by atoms with Crippen molar-refractivity contribution in [3.05, 3.63) is 11.8 Å². The van der Waals surface area contributed by atoms with Crippen LogP contribution in [-0.2, 0) is 6.42 Å². The zero-order valence-corrected chi connectivity index (χ0v) is 7.33. The molecule has 1 aromatic heterocycles. The number of unbranched alkanes of at least 4 members (excludes halogenated alkanes) is 1. The first-order valence-electron chi connectivity index (χ1n) is 4.07. The summed E-state index contributed by atoms with van der Waals surface area (Å²) in [5.74, 6) is 0.494. The molecule has 12 heavy (non-hydrogen) atoms. The molecule has 0 aliphatic carbocycles. The van der Waals surface area contributed by atoms with Crippen molar-refractivity contribution < 1.29 is 9.21 Å². The Morgan fingerprint density at radius 2 is 2.25 bits per heavy atom. The Labute approximate surface area is 71.0 Å². The predicted octanol–water partition coefficient (Wildman–Crippen LogP) is 1.61. The SMILES string of the molecule is CCCCc1nnc(C(C)=O)o1. The molecule has 1 heterocycles. The third kappa shape index (κ3) is 2.15. The van der Waals surface area contributed by atoms with Gasteiger partial charge >= 0.3 is 0 Å². The first-order chi connectivity index (χ1) is 5.74. The van der Waals surface area contributed by atoms with Gasteiger partial charge in [0.15, 0.2) is 0 Å². The lowest BCUT2D eigenvalue weighted by Gasteiger charge is -1.88. The summed E-state index contributed by atoms with van der Waals surface area (Å²) in [6.07, 6.45) is 2.86. The van der Waals surface area contributed by atoms with Crippen molar-refractivity contribution in [2.75, 3.05) is 0 Å². The molecule has 66 valence electrons. The molecule has 4 heteroatoms. The minimum absolute atomic E-state index is 0.112. The first-order valence-corrected chi connectivity index (χ1v) is 4.07. The number of aromatic nitrogens is 2. The molecule has 1 aromatic rings. The average molecular weight is 168 g/mol. The molecule has 0 unspecified atom stereocenters. The van der Waals surface area contributed by atoms with Gasteiger partial charge in [0.05, 0.1) is 0 Å². The van der Waals surface area contributed by atoms with E-state index >= 15 is 0 Å². The van der Waals surface area contributed by atoms with Crippen LogP contribution in [0, 0.1) is 0 Å². The van der Waals surface area contributed by atoms with Crippen molar-refractivity contribution in [3.8, 4) is 0 Å². The summed E-state index contributed by atoms with van der Waals surface area (Å²) in [7, 11) is 0. The summed E-state index contributed by atoms with van der Waals surface area (Å²) in [6, 6.07) is 0. The van der Waals surface area contributed by atoms with Crippen LogP contribution in [0.4, 0.5) is 0 Å². The van der Waals surface area contributed by atoms with Crippen LogP contribution in [0.15, 0.2) is 4.42 Å². The number of rotatable bonds is 4. The van der Waals surface area contributed by atoms with E-state index in [-0.39, 0.29) is 11.7 Å². The summed E-state index contributed by atoms with van der Waals surface area (Å²) in [5, 5.41) is 7.34. The van der Waals surface area contributed by atoms with Crippen LogP contribution in [0.1, 0.15) is 43.3 Å². The van der Waals surface area contributed by atoms with Gasteiger partial charge in [-0.3, -0.25) is 4.79 Å². The fraction of sp³-hybridized carbons (Fsp3) is 0.625. The highest BCUT2D eigenvalue weighted by molar-refractivity contribution is 5.89. The largest absolute Gasteiger partial charge is 0.418 e. The standard InChI is InChI=1S/C8H12N2O2/c1-3-4-5-7-9-10-8(12-7)6(2)11/h3-5H2,1-2H3. The van der Waals surface area contributed by atoms with E-state index in [2.05, 4.69) is 17.1 Å². The van der Waals surface area contributed by atoms with E-state index in [4.69, 9.17) is 4.42 Å². The van der Waals surface area contributed by atoms with Crippen molar-refractivity contribution in [2.45, 2.75) is 33.1 Å². The highest BCUT2D eigenvalue weighted by Crippen LogP contribution is 2.04. The summed E-state index contributed by atoms with van der Waals surface area (Å²) in [4.78, 5) is 10.7. The molecule has 0 aliphatic rings. The van der Waals surface area contributed by atoms with E-state index in [0.717, 1.165) is 19.3 Å². The van der Waals surface area contributed by atoms with E-state index in [9.17, 15) is 4.79 Å². The van der Waals surface area contributed by atoms with Crippen LogP contribution in [0.2, 0.25) is 0 Å². The van der Waals surface area contributed by atoms with Gasteiger partial charge in [0, 0.05) is 13.3 Å². The van der Waals surface area contributed by atoms with Gasteiger partial charge in [-0.25, -0.2) is 0 Å². The average Bonchev–Trinajstić information content (AvgIpc) is 2.48. The normalized spacial score (nSPS) is 10.2. The number of Topliss-reactive ketones (excluding diaryl/α,β-unsaturated/α-hetero) is 1. The minimum Gasteiger partial charge on any atom is -0.418 e. The van der Waals surface area contributed by atoms with Crippen LogP contribution in [-0.4, -0.2) is 16.0 Å². The zero-order chi connectivity index (χ0) is 8.97. The van der Waals surface area contributed by atoms with Gasteiger partial charge in [-0.2, -0.15) is 0 Å². The highest BCUT2D eigenvalue weighted by Gasteiger charge is 2.08. The molecule has 0 amide bonds. The number of hydrogen-bond acceptors (Lipinski definition) is 4. The molecule has 0 fully saturated rings. The van der Waals surface area contributed by atoms with E-state index in [1.807, 2.05) is 0 Å². The van der Waals surface area contributed by atoms with Gasteiger partial charge < -0.3 is 4.42 Å². The second-order valence-corrected chi connectivity index (χ2v) is 2.66. The van der Waals surface area contributed by atoms with Gasteiger partial charge in [0.1, 0.15) is 0 Å². The monoisotopic (exact) mass is 168 g/mol. The molecule has 0 bridgehead atoms. The van der Waals surface area contributed by atoms with E-state index in [1.54, 1.807) is 0 Å². The maximum absolute atomic E-state index is 10.7. The van der Waals surface area contributed by atoms with Gasteiger partial charge in [0.25, 0.3) is 5.89 Å². The number of aryl methyl sites for hydroxylation is 1. The fourth-order valence-corrected chi connectivity index (χ4v) is 0.825. The Balaban J connectivity index is 2.58. The summed E-state index contributed by atoms with van der Waals surface area (Å²) in [6.45, 7) is 3.50. The minimum atomic E-state index is -0.176. The number of ketones is 1. The molecule has 4 nitrogen and oxygen atoms in total. The van der Waals surface area contributed by atoms with Gasteiger partial charge in [-0.15, -0.1) is 10.2 Å². The molecule has 0 radical (unpaired) electrons. The summed E-state index contributed by atoms with van der Waals surface area (Å²) < 4.78 is 5.08. The van der Waals surface area contributed by atoms with E-state index < -0.39 is 0 Å². The van der Waals surface area contributed by atoms with Crippen LogP contribution in [0.25, 0.3) is 0 Å². The van der Waals surface area contributed by atoms with Crippen LogP contribution < -0.4 is 0 Å². The number of nitrogens with zero attached hydrogens (tertiary/aromatic N) is 2. The second-order valence-electron chi connectivity index (χ2n) is 2.66. The fourth-order valence-electron chi connectivity index (χ4n) is 0.825. The molecule has 0 saturated carbocycles.